The minimum absolute atomic E-state index is 0.440. The van der Waals surface area contributed by atoms with Crippen molar-refractivity contribution in [3.05, 3.63) is 82.6 Å². The third-order valence-electron chi connectivity index (χ3n) is 5.99. The summed E-state index contributed by atoms with van der Waals surface area (Å²) in [4.78, 5) is 13.3. The lowest BCUT2D eigenvalue weighted by molar-refractivity contribution is 0.306. The molecule has 0 unspecified atom stereocenters. The lowest BCUT2D eigenvalue weighted by Crippen LogP contribution is -2.32. The van der Waals surface area contributed by atoms with Gasteiger partial charge in [-0.15, -0.1) is 0 Å². The van der Waals surface area contributed by atoms with Crippen molar-refractivity contribution < 1.29 is 9.47 Å². The molecule has 10 heteroatoms. The molecule has 3 aromatic carbocycles. The molecule has 0 spiro atoms. The fourth-order valence-corrected chi connectivity index (χ4v) is 4.31. The number of hydrogen-bond acceptors (Lipinski definition) is 9. The van der Waals surface area contributed by atoms with E-state index in [2.05, 4.69) is 49.8 Å². The highest BCUT2D eigenvalue weighted by Gasteiger charge is 2.13. The zero-order valence-corrected chi connectivity index (χ0v) is 22.2. The van der Waals surface area contributed by atoms with Crippen LogP contribution in [0.4, 0.5) is 11.5 Å². The van der Waals surface area contributed by atoms with Crippen LogP contribution in [0.15, 0.2) is 71.0 Å². The average Bonchev–Trinajstić information content (AvgIpc) is 3.46. The number of nitrogens with zero attached hydrogens (tertiary/aromatic N) is 5. The van der Waals surface area contributed by atoms with Crippen LogP contribution >= 0.6 is 11.6 Å². The third kappa shape index (κ3) is 5.78. The van der Waals surface area contributed by atoms with E-state index in [0.717, 1.165) is 46.8 Å². The molecule has 38 heavy (non-hydrogen) atoms. The number of rotatable bonds is 8. The predicted molar refractivity (Wildman–Crippen MR) is 152 cm³/mol. The number of hydrogen-bond donors (Lipinski definition) is 2. The SMILES string of the molecule is COc1cc2ncnc(Nc3ccc(OCc4cccc(C)c4)c(Cl)c3)c2cc1/C=N/N(C)C1=NCCN1. The molecule has 0 fully saturated rings. The summed E-state index contributed by atoms with van der Waals surface area (Å²) >= 11 is 6.55. The van der Waals surface area contributed by atoms with Crippen molar-refractivity contribution in [2.24, 2.45) is 10.1 Å². The van der Waals surface area contributed by atoms with Crippen LogP contribution in [0.3, 0.4) is 0 Å². The summed E-state index contributed by atoms with van der Waals surface area (Å²) in [6.07, 6.45) is 3.24. The number of aliphatic imine (C=N–C) groups is 1. The van der Waals surface area contributed by atoms with Crippen molar-refractivity contribution in [2.45, 2.75) is 13.5 Å². The summed E-state index contributed by atoms with van der Waals surface area (Å²) in [6.45, 7) is 4.05. The molecule has 1 aromatic heterocycles. The van der Waals surface area contributed by atoms with Gasteiger partial charge in [-0.3, -0.25) is 0 Å². The van der Waals surface area contributed by atoms with Crippen molar-refractivity contribution >= 4 is 46.2 Å². The zero-order chi connectivity index (χ0) is 26.5. The van der Waals surface area contributed by atoms with Gasteiger partial charge in [-0.05, 0) is 36.8 Å². The third-order valence-corrected chi connectivity index (χ3v) is 6.29. The molecule has 0 amide bonds. The maximum absolute atomic E-state index is 6.55. The summed E-state index contributed by atoms with van der Waals surface area (Å²) < 4.78 is 11.5. The summed E-state index contributed by atoms with van der Waals surface area (Å²) in [5.41, 5.74) is 4.56. The molecule has 1 aliphatic rings. The molecule has 0 saturated heterocycles. The fourth-order valence-electron chi connectivity index (χ4n) is 4.08. The molecule has 0 saturated carbocycles. The summed E-state index contributed by atoms with van der Waals surface area (Å²) in [6, 6.07) is 17.6. The van der Waals surface area contributed by atoms with E-state index in [-0.39, 0.29) is 0 Å². The van der Waals surface area contributed by atoms with Gasteiger partial charge in [0.15, 0.2) is 0 Å². The molecule has 0 aliphatic carbocycles. The predicted octanol–water partition coefficient (Wildman–Crippen LogP) is 5.15. The van der Waals surface area contributed by atoms with Gasteiger partial charge >= 0.3 is 0 Å². The van der Waals surface area contributed by atoms with Crippen molar-refractivity contribution in [1.82, 2.24) is 20.3 Å². The highest BCUT2D eigenvalue weighted by molar-refractivity contribution is 6.32. The van der Waals surface area contributed by atoms with Crippen LogP contribution in [0.5, 0.6) is 11.5 Å². The summed E-state index contributed by atoms with van der Waals surface area (Å²) in [7, 11) is 3.46. The van der Waals surface area contributed by atoms with Gasteiger partial charge in [-0.1, -0.05) is 41.4 Å². The van der Waals surface area contributed by atoms with Crippen LogP contribution in [0.1, 0.15) is 16.7 Å². The molecule has 0 atom stereocenters. The Kier molecular flexibility index (Phi) is 7.55. The number of hydrazone groups is 1. The lowest BCUT2D eigenvalue weighted by Gasteiger charge is -2.14. The molecular weight excluding hydrogens is 502 g/mol. The van der Waals surface area contributed by atoms with E-state index in [0.29, 0.717) is 28.9 Å². The van der Waals surface area contributed by atoms with Gasteiger partial charge in [0.2, 0.25) is 5.96 Å². The van der Waals surface area contributed by atoms with Gasteiger partial charge < -0.3 is 20.1 Å². The minimum atomic E-state index is 0.440. The van der Waals surface area contributed by atoms with E-state index in [1.807, 2.05) is 49.5 Å². The van der Waals surface area contributed by atoms with Gasteiger partial charge in [0.25, 0.3) is 0 Å². The molecule has 4 aromatic rings. The number of benzene rings is 3. The van der Waals surface area contributed by atoms with Gasteiger partial charge in [0.05, 0.1) is 30.4 Å². The van der Waals surface area contributed by atoms with E-state index < -0.39 is 0 Å². The second-order valence-electron chi connectivity index (χ2n) is 8.78. The van der Waals surface area contributed by atoms with Crippen LogP contribution in [0, 0.1) is 6.92 Å². The summed E-state index contributed by atoms with van der Waals surface area (Å²) in [5, 5.41) is 14.1. The van der Waals surface area contributed by atoms with Gasteiger partial charge in [0, 0.05) is 36.3 Å². The standard InChI is InChI=1S/C28H28ClN7O2/c1-18-5-4-6-19(11-18)16-38-25-8-7-21(13-23(25)29)35-27-22-12-20(15-34-36(2)28-30-9-10-31-28)26(37-3)14-24(22)32-17-33-27/h4-8,11-15,17H,9-10,16H2,1-3H3,(H,30,31)(H,32,33,35)/b34-15+. The maximum Gasteiger partial charge on any atom is 0.214 e. The molecule has 5 rings (SSSR count). The fraction of sp³-hybridized carbons (Fsp3) is 0.214. The second-order valence-corrected chi connectivity index (χ2v) is 9.19. The normalized spacial score (nSPS) is 12.9. The molecule has 1 aliphatic heterocycles. The largest absolute Gasteiger partial charge is 0.496 e. The number of guanidine groups is 1. The van der Waals surface area contributed by atoms with Crippen LogP contribution in [0.25, 0.3) is 10.9 Å². The topological polar surface area (TPSA) is 96.3 Å². The molecular formula is C28H28ClN7O2. The van der Waals surface area contributed by atoms with E-state index in [1.165, 1.54) is 11.9 Å². The lowest BCUT2D eigenvalue weighted by atomic mass is 10.1. The van der Waals surface area contributed by atoms with E-state index in [9.17, 15) is 0 Å². The number of ether oxygens (including phenoxy) is 2. The molecule has 0 radical (unpaired) electrons. The smallest absolute Gasteiger partial charge is 0.214 e. The first-order valence-electron chi connectivity index (χ1n) is 12.1. The van der Waals surface area contributed by atoms with Crippen LogP contribution in [-0.4, -0.2) is 54.4 Å². The number of nitrogens with one attached hydrogen (secondary N) is 2. The molecule has 2 heterocycles. The van der Waals surface area contributed by atoms with E-state index in [4.69, 9.17) is 21.1 Å². The minimum Gasteiger partial charge on any atom is -0.496 e. The van der Waals surface area contributed by atoms with Crippen molar-refractivity contribution in [3.8, 4) is 11.5 Å². The molecule has 2 N–H and O–H groups in total. The number of aromatic nitrogens is 2. The molecule has 9 nitrogen and oxygen atoms in total. The monoisotopic (exact) mass is 529 g/mol. The maximum atomic E-state index is 6.55. The number of halogens is 1. The zero-order valence-electron chi connectivity index (χ0n) is 21.4. The van der Waals surface area contributed by atoms with Crippen molar-refractivity contribution in [2.75, 3.05) is 32.6 Å². The Labute approximate surface area is 226 Å². The first-order chi connectivity index (χ1) is 18.5. The first-order valence-corrected chi connectivity index (χ1v) is 12.5. The first kappa shape index (κ1) is 25.3. The van der Waals surface area contributed by atoms with Crippen LogP contribution < -0.4 is 20.1 Å². The highest BCUT2D eigenvalue weighted by Crippen LogP contribution is 2.32. The Bertz CT molecular complexity index is 1520. The number of aryl methyl sites for hydroxylation is 1. The Morgan fingerprint density at radius 1 is 1.13 bits per heavy atom. The van der Waals surface area contributed by atoms with Crippen LogP contribution in [-0.2, 0) is 6.61 Å². The van der Waals surface area contributed by atoms with Gasteiger partial charge in [-0.25, -0.2) is 20.0 Å². The quantitative estimate of drug-likeness (QED) is 0.241. The van der Waals surface area contributed by atoms with Gasteiger partial charge in [0.1, 0.15) is 30.3 Å². The molecule has 194 valence electrons. The number of anilines is 2. The Hall–Kier alpha value is -4.37. The Balaban J connectivity index is 1.37. The average molecular weight is 530 g/mol. The number of fused-ring (bicyclic) bond motifs is 1. The number of methoxy groups -OCH3 is 1. The second kappa shape index (κ2) is 11.4. The van der Waals surface area contributed by atoms with Gasteiger partial charge in [-0.2, -0.15) is 5.10 Å². The molecule has 0 bridgehead atoms. The Morgan fingerprint density at radius 3 is 2.79 bits per heavy atom. The highest BCUT2D eigenvalue weighted by atomic mass is 35.5. The summed E-state index contributed by atoms with van der Waals surface area (Å²) in [5.74, 6) is 2.63. The van der Waals surface area contributed by atoms with Crippen LogP contribution in [0.2, 0.25) is 5.02 Å². The van der Waals surface area contributed by atoms with Crippen molar-refractivity contribution in [1.29, 1.82) is 0 Å². The Morgan fingerprint density at radius 2 is 2.03 bits per heavy atom. The van der Waals surface area contributed by atoms with E-state index in [1.54, 1.807) is 18.3 Å². The van der Waals surface area contributed by atoms with Crippen molar-refractivity contribution in [3.63, 3.8) is 0 Å². The van der Waals surface area contributed by atoms with E-state index >= 15 is 0 Å².